The predicted octanol–water partition coefficient (Wildman–Crippen LogP) is 5.00. The molecule has 0 aliphatic heterocycles. The Bertz CT molecular complexity index is 544. The van der Waals surface area contributed by atoms with Crippen LogP contribution in [0.15, 0.2) is 34.1 Å². The Labute approximate surface area is 123 Å². The molecule has 5 heteroatoms. The van der Waals surface area contributed by atoms with E-state index in [0.29, 0.717) is 0 Å². The van der Waals surface area contributed by atoms with E-state index in [0.717, 1.165) is 21.5 Å². The van der Waals surface area contributed by atoms with Crippen LogP contribution in [0.3, 0.4) is 0 Å². The largest absolute Gasteiger partial charge is 0.306 e. The molecule has 0 aliphatic rings. The van der Waals surface area contributed by atoms with Crippen molar-refractivity contribution in [3.05, 3.63) is 55.4 Å². The van der Waals surface area contributed by atoms with Crippen molar-refractivity contribution >= 4 is 38.9 Å². The van der Waals surface area contributed by atoms with Crippen molar-refractivity contribution in [3.8, 4) is 0 Å². The van der Waals surface area contributed by atoms with Gasteiger partial charge in [-0.05, 0) is 45.6 Å². The van der Waals surface area contributed by atoms with E-state index in [1.807, 2.05) is 24.4 Å². The molecule has 0 radical (unpaired) electrons. The lowest BCUT2D eigenvalue weighted by Gasteiger charge is -2.19. The summed E-state index contributed by atoms with van der Waals surface area (Å²) in [6, 6.07) is 6.80. The second-order valence-electron chi connectivity index (χ2n) is 3.77. The molecule has 0 saturated carbocycles. The fourth-order valence-electron chi connectivity index (χ4n) is 1.80. The molecule has 1 nitrogen and oxygen atoms in total. The van der Waals surface area contributed by atoms with Gasteiger partial charge in [-0.3, -0.25) is 0 Å². The highest BCUT2D eigenvalue weighted by Gasteiger charge is 2.21. The molecule has 0 fully saturated rings. The van der Waals surface area contributed by atoms with E-state index in [9.17, 15) is 4.39 Å². The molecule has 1 heterocycles. The van der Waals surface area contributed by atoms with Crippen molar-refractivity contribution in [1.82, 2.24) is 5.32 Å². The van der Waals surface area contributed by atoms with Crippen LogP contribution in [0.25, 0.3) is 0 Å². The lowest BCUT2D eigenvalue weighted by molar-refractivity contribution is 0.607. The number of hydrogen-bond acceptors (Lipinski definition) is 2. The summed E-state index contributed by atoms with van der Waals surface area (Å²) >= 11 is 11.2. The Kier molecular flexibility index (Phi) is 4.78. The van der Waals surface area contributed by atoms with Crippen molar-refractivity contribution in [3.63, 3.8) is 0 Å². The Morgan fingerprint density at radius 2 is 2.22 bits per heavy atom. The molecule has 2 aromatic rings. The number of rotatable bonds is 4. The summed E-state index contributed by atoms with van der Waals surface area (Å²) in [7, 11) is 0. The molecule has 96 valence electrons. The lowest BCUT2D eigenvalue weighted by atomic mass is 10.0. The topological polar surface area (TPSA) is 12.0 Å². The number of benzene rings is 1. The SMILES string of the molecule is CCNC(c1cccc(F)c1Cl)c1sccc1Br. The van der Waals surface area contributed by atoms with Crippen molar-refractivity contribution < 1.29 is 4.39 Å². The van der Waals surface area contributed by atoms with E-state index in [1.165, 1.54) is 6.07 Å². The number of halogens is 3. The fourth-order valence-corrected chi connectivity index (χ4v) is 3.73. The van der Waals surface area contributed by atoms with Gasteiger partial charge in [-0.25, -0.2) is 4.39 Å². The Hall–Kier alpha value is -0.420. The number of nitrogens with one attached hydrogen (secondary N) is 1. The summed E-state index contributed by atoms with van der Waals surface area (Å²) in [4.78, 5) is 1.10. The van der Waals surface area contributed by atoms with E-state index in [4.69, 9.17) is 11.6 Å². The maximum Gasteiger partial charge on any atom is 0.142 e. The van der Waals surface area contributed by atoms with E-state index in [1.54, 1.807) is 17.4 Å². The molecule has 18 heavy (non-hydrogen) atoms. The zero-order valence-corrected chi connectivity index (χ0v) is 12.9. The smallest absolute Gasteiger partial charge is 0.142 e. The van der Waals surface area contributed by atoms with Crippen molar-refractivity contribution in [1.29, 1.82) is 0 Å². The van der Waals surface area contributed by atoms with Crippen LogP contribution in [0.4, 0.5) is 4.39 Å². The van der Waals surface area contributed by atoms with E-state index < -0.39 is 0 Å². The maximum atomic E-state index is 13.6. The van der Waals surface area contributed by atoms with Crippen LogP contribution >= 0.6 is 38.9 Å². The third kappa shape index (κ3) is 2.77. The van der Waals surface area contributed by atoms with Crippen molar-refractivity contribution in [2.75, 3.05) is 6.54 Å². The number of hydrogen-bond donors (Lipinski definition) is 1. The van der Waals surface area contributed by atoms with Gasteiger partial charge in [0.25, 0.3) is 0 Å². The highest BCUT2D eigenvalue weighted by Crippen LogP contribution is 2.36. The molecule has 1 aromatic carbocycles. The Balaban J connectivity index is 2.48. The molecule has 1 aromatic heterocycles. The highest BCUT2D eigenvalue weighted by molar-refractivity contribution is 9.10. The minimum Gasteiger partial charge on any atom is -0.306 e. The van der Waals surface area contributed by atoms with Gasteiger partial charge in [0.15, 0.2) is 0 Å². The van der Waals surface area contributed by atoms with Gasteiger partial charge in [0, 0.05) is 9.35 Å². The standard InChI is InChI=1S/C13H12BrClFNS/c1-2-17-12(13-9(14)6-7-18-13)8-4-3-5-10(16)11(8)15/h3-7,12,17H,2H2,1H3. The first-order valence-electron chi connectivity index (χ1n) is 5.55. The minimum atomic E-state index is -0.384. The normalized spacial score (nSPS) is 12.7. The van der Waals surface area contributed by atoms with Crippen LogP contribution in [0.2, 0.25) is 5.02 Å². The molecular formula is C13H12BrClFNS. The summed E-state index contributed by atoms with van der Waals surface area (Å²) in [6.45, 7) is 2.80. The molecule has 1 N–H and O–H groups in total. The lowest BCUT2D eigenvalue weighted by Crippen LogP contribution is -2.22. The Morgan fingerprint density at radius 3 is 2.83 bits per heavy atom. The average molecular weight is 349 g/mol. The van der Waals surface area contributed by atoms with Gasteiger partial charge >= 0.3 is 0 Å². The van der Waals surface area contributed by atoms with Gasteiger partial charge in [0.1, 0.15) is 5.82 Å². The molecule has 0 saturated heterocycles. The van der Waals surface area contributed by atoms with Crippen LogP contribution in [0, 0.1) is 5.82 Å². The summed E-state index contributed by atoms with van der Waals surface area (Å²) in [5, 5.41) is 5.52. The average Bonchev–Trinajstić information content (AvgIpc) is 2.76. The van der Waals surface area contributed by atoms with Crippen LogP contribution in [-0.4, -0.2) is 6.54 Å². The van der Waals surface area contributed by atoms with Gasteiger partial charge in [-0.1, -0.05) is 30.7 Å². The monoisotopic (exact) mass is 347 g/mol. The predicted molar refractivity (Wildman–Crippen MR) is 78.9 cm³/mol. The second-order valence-corrected chi connectivity index (χ2v) is 5.95. The quantitative estimate of drug-likeness (QED) is 0.819. The van der Waals surface area contributed by atoms with Gasteiger partial charge in [-0.2, -0.15) is 0 Å². The van der Waals surface area contributed by atoms with Crippen LogP contribution in [0.5, 0.6) is 0 Å². The summed E-state index contributed by atoms with van der Waals surface area (Å²) in [5.41, 5.74) is 0.765. The first-order valence-corrected chi connectivity index (χ1v) is 7.60. The van der Waals surface area contributed by atoms with Crippen LogP contribution < -0.4 is 5.32 Å². The third-order valence-electron chi connectivity index (χ3n) is 2.61. The summed E-state index contributed by atoms with van der Waals surface area (Å²) < 4.78 is 14.6. The fraction of sp³-hybridized carbons (Fsp3) is 0.231. The minimum absolute atomic E-state index is 0.0902. The molecule has 2 rings (SSSR count). The van der Waals surface area contributed by atoms with E-state index >= 15 is 0 Å². The maximum absolute atomic E-state index is 13.6. The van der Waals surface area contributed by atoms with E-state index in [-0.39, 0.29) is 16.9 Å². The second kappa shape index (κ2) is 6.15. The summed E-state index contributed by atoms with van der Waals surface area (Å²) in [5.74, 6) is -0.384. The van der Waals surface area contributed by atoms with Gasteiger partial charge < -0.3 is 5.32 Å². The highest BCUT2D eigenvalue weighted by atomic mass is 79.9. The zero-order valence-electron chi connectivity index (χ0n) is 9.71. The number of thiophene rings is 1. The Morgan fingerprint density at radius 1 is 1.44 bits per heavy atom. The van der Waals surface area contributed by atoms with Crippen LogP contribution in [-0.2, 0) is 0 Å². The molecule has 1 atom stereocenters. The van der Waals surface area contributed by atoms with Gasteiger partial charge in [-0.15, -0.1) is 11.3 Å². The zero-order chi connectivity index (χ0) is 13.1. The van der Waals surface area contributed by atoms with E-state index in [2.05, 4.69) is 21.2 Å². The molecule has 1 unspecified atom stereocenters. The van der Waals surface area contributed by atoms with Gasteiger partial charge in [0.05, 0.1) is 11.1 Å². The van der Waals surface area contributed by atoms with Crippen molar-refractivity contribution in [2.45, 2.75) is 13.0 Å². The molecule has 0 amide bonds. The first kappa shape index (κ1) is 14.0. The summed E-state index contributed by atoms with van der Waals surface area (Å²) in [6.07, 6.45) is 0. The molecule has 0 spiro atoms. The van der Waals surface area contributed by atoms with Crippen LogP contribution in [0.1, 0.15) is 23.4 Å². The third-order valence-corrected chi connectivity index (χ3v) is 4.94. The van der Waals surface area contributed by atoms with Gasteiger partial charge in [0.2, 0.25) is 0 Å². The van der Waals surface area contributed by atoms with Crippen molar-refractivity contribution in [2.24, 2.45) is 0 Å². The molecule has 0 aliphatic carbocycles. The first-order chi connectivity index (χ1) is 8.65. The molecule has 0 bridgehead atoms. The molecular weight excluding hydrogens is 337 g/mol.